The number of aliphatic imine (C=N–C) groups is 2. The van der Waals surface area contributed by atoms with E-state index >= 15 is 0 Å². The van der Waals surface area contributed by atoms with Crippen molar-refractivity contribution in [2.45, 2.75) is 6.17 Å². The highest BCUT2D eigenvalue weighted by Crippen LogP contribution is 2.37. The van der Waals surface area contributed by atoms with Crippen molar-refractivity contribution < 1.29 is 4.42 Å². The largest absolute Gasteiger partial charge is 0.455 e. The van der Waals surface area contributed by atoms with Gasteiger partial charge in [0.25, 0.3) is 0 Å². The Balaban J connectivity index is 1.01. The van der Waals surface area contributed by atoms with E-state index in [0.29, 0.717) is 5.84 Å². The van der Waals surface area contributed by atoms with E-state index in [2.05, 4.69) is 169 Å². The van der Waals surface area contributed by atoms with E-state index in [1.54, 1.807) is 0 Å². The van der Waals surface area contributed by atoms with Crippen LogP contribution in [0.1, 0.15) is 22.9 Å². The lowest BCUT2D eigenvalue weighted by atomic mass is 9.92. The highest BCUT2D eigenvalue weighted by Gasteiger charge is 2.23. The van der Waals surface area contributed by atoms with Crippen LogP contribution in [0.25, 0.3) is 66.4 Å². The predicted molar refractivity (Wildman–Crippen MR) is 227 cm³/mol. The summed E-state index contributed by atoms with van der Waals surface area (Å²) in [5, 5.41) is 5.65. The maximum atomic E-state index is 6.71. The lowest BCUT2D eigenvalue weighted by Crippen LogP contribution is -2.33. The molecule has 4 nitrogen and oxygen atoms in total. The van der Waals surface area contributed by atoms with Gasteiger partial charge in [0.05, 0.1) is 5.56 Å². The molecule has 1 aliphatic heterocycles. The van der Waals surface area contributed by atoms with E-state index in [4.69, 9.17) is 14.4 Å². The summed E-state index contributed by atoms with van der Waals surface area (Å²) in [5.74, 6) is 1.42. The van der Waals surface area contributed by atoms with Crippen molar-refractivity contribution in [1.29, 1.82) is 0 Å². The molecule has 0 fully saturated rings. The van der Waals surface area contributed by atoms with Crippen LogP contribution in [0.15, 0.2) is 215 Å². The highest BCUT2D eigenvalue weighted by molar-refractivity contribution is 6.19. The minimum atomic E-state index is -0.288. The first-order chi connectivity index (χ1) is 27.2. The summed E-state index contributed by atoms with van der Waals surface area (Å²) in [7, 11) is 0. The van der Waals surface area contributed by atoms with Gasteiger partial charge in [0.1, 0.15) is 23.2 Å². The number of hydrogen-bond donors (Lipinski definition) is 1. The molecule has 0 spiro atoms. The van der Waals surface area contributed by atoms with Crippen LogP contribution < -0.4 is 5.32 Å². The predicted octanol–water partition coefficient (Wildman–Crippen LogP) is 12.7. The number of hydrogen-bond acceptors (Lipinski definition) is 4. The van der Waals surface area contributed by atoms with Crippen molar-refractivity contribution in [3.05, 3.63) is 217 Å². The van der Waals surface area contributed by atoms with Crippen LogP contribution in [-0.4, -0.2) is 11.7 Å². The topological polar surface area (TPSA) is 49.9 Å². The molecule has 1 unspecified atom stereocenters. The molecule has 8 aromatic carbocycles. The zero-order chi connectivity index (χ0) is 36.6. The van der Waals surface area contributed by atoms with E-state index in [-0.39, 0.29) is 6.17 Å². The molecule has 9 aromatic rings. The van der Waals surface area contributed by atoms with E-state index < -0.39 is 0 Å². The number of nitrogens with zero attached hydrogens (tertiary/aromatic N) is 2. The minimum Gasteiger partial charge on any atom is -0.455 e. The average Bonchev–Trinajstić information content (AvgIpc) is 3.66. The maximum Gasteiger partial charge on any atom is 0.163 e. The lowest BCUT2D eigenvalue weighted by molar-refractivity contribution is 0.663. The highest BCUT2D eigenvalue weighted by atomic mass is 16.3. The number of amidine groups is 2. The van der Waals surface area contributed by atoms with E-state index in [0.717, 1.165) is 55.6 Å². The monoisotopic (exact) mass is 705 g/mol. The second-order valence-corrected chi connectivity index (χ2v) is 13.8. The summed E-state index contributed by atoms with van der Waals surface area (Å²) in [6.07, 6.45) is -0.288. The fourth-order valence-corrected chi connectivity index (χ4v) is 7.52. The van der Waals surface area contributed by atoms with Gasteiger partial charge in [-0.15, -0.1) is 0 Å². The van der Waals surface area contributed by atoms with Gasteiger partial charge in [0.2, 0.25) is 0 Å². The van der Waals surface area contributed by atoms with E-state index in [9.17, 15) is 0 Å². The number of fused-ring (bicyclic) bond motifs is 3. The van der Waals surface area contributed by atoms with E-state index in [1.807, 2.05) is 36.4 Å². The van der Waals surface area contributed by atoms with Crippen LogP contribution in [-0.2, 0) is 0 Å². The first-order valence-electron chi connectivity index (χ1n) is 18.6. The van der Waals surface area contributed by atoms with Gasteiger partial charge in [-0.3, -0.25) is 0 Å². The number of para-hydroxylation sites is 1. The molecule has 2 heterocycles. The third-order valence-electron chi connectivity index (χ3n) is 10.3. The molecule has 0 bridgehead atoms. The summed E-state index contributed by atoms with van der Waals surface area (Å²) in [4.78, 5) is 10.2. The van der Waals surface area contributed by atoms with Crippen molar-refractivity contribution >= 4 is 33.6 Å². The van der Waals surface area contributed by atoms with Crippen molar-refractivity contribution in [3.8, 4) is 44.5 Å². The molecular weight excluding hydrogens is 671 g/mol. The Kier molecular flexibility index (Phi) is 8.19. The summed E-state index contributed by atoms with van der Waals surface area (Å²) in [6.45, 7) is 0. The van der Waals surface area contributed by atoms with Gasteiger partial charge in [-0.25, -0.2) is 9.98 Å². The number of rotatable bonds is 7. The van der Waals surface area contributed by atoms with Crippen molar-refractivity contribution in [1.82, 2.24) is 5.32 Å². The Morgan fingerprint density at radius 2 is 0.909 bits per heavy atom. The molecule has 260 valence electrons. The Hall–Kier alpha value is -7.30. The second-order valence-electron chi connectivity index (χ2n) is 13.8. The normalized spacial score (nSPS) is 14.0. The number of benzene rings is 8. The van der Waals surface area contributed by atoms with Crippen molar-refractivity contribution in [2.24, 2.45) is 9.98 Å². The molecule has 55 heavy (non-hydrogen) atoms. The number of nitrogens with one attached hydrogen (secondary N) is 1. The van der Waals surface area contributed by atoms with Gasteiger partial charge < -0.3 is 9.73 Å². The summed E-state index contributed by atoms with van der Waals surface area (Å²) in [6, 6.07) is 70.1. The second kappa shape index (κ2) is 13.9. The van der Waals surface area contributed by atoms with Gasteiger partial charge in [-0.2, -0.15) is 0 Å². The summed E-state index contributed by atoms with van der Waals surface area (Å²) in [5.41, 5.74) is 13.9. The van der Waals surface area contributed by atoms with Gasteiger partial charge in [-0.1, -0.05) is 164 Å². The summed E-state index contributed by atoms with van der Waals surface area (Å²) < 4.78 is 6.71. The molecule has 0 radical (unpaired) electrons. The average molecular weight is 706 g/mol. The molecule has 4 heteroatoms. The molecule has 1 N–H and O–H groups in total. The summed E-state index contributed by atoms with van der Waals surface area (Å²) >= 11 is 0. The zero-order valence-electron chi connectivity index (χ0n) is 29.9. The third-order valence-corrected chi connectivity index (χ3v) is 10.3. The minimum absolute atomic E-state index is 0.288. The molecule has 0 saturated carbocycles. The fraction of sp³-hybridized carbons (Fsp3) is 0.0196. The molecule has 0 amide bonds. The standard InChI is InChI=1S/C51H35N3O/c1-5-14-34(15-6-1)41-30-42(35-16-7-2-8-17-35)32-43(31-41)37-26-24-36(25-27-37)40-28-29-44-45-22-13-23-46(48(45)55-47(44)33-40)51-53-49(38-18-9-3-10-19-38)52-50(54-51)39-20-11-4-12-21-39/h1-33,49H,(H,52,53,54). The van der Waals surface area contributed by atoms with Crippen molar-refractivity contribution in [3.63, 3.8) is 0 Å². The SMILES string of the molecule is c1ccc(C2=NC(c3cccc4c3oc3cc(-c5ccc(-c6cc(-c7ccccc7)cc(-c7ccccc7)c6)cc5)ccc34)=NC(c3ccccc3)N2)cc1. The Labute approximate surface area is 319 Å². The molecule has 1 aliphatic rings. The molecular formula is C51H35N3O. The zero-order valence-corrected chi connectivity index (χ0v) is 29.9. The van der Waals surface area contributed by atoms with Crippen LogP contribution in [0.5, 0.6) is 0 Å². The first kappa shape index (κ1) is 32.4. The molecule has 0 saturated heterocycles. The van der Waals surface area contributed by atoms with Crippen LogP contribution in [0.4, 0.5) is 0 Å². The number of furan rings is 1. The fourth-order valence-electron chi connectivity index (χ4n) is 7.52. The lowest BCUT2D eigenvalue weighted by Gasteiger charge is -2.23. The van der Waals surface area contributed by atoms with Gasteiger partial charge >= 0.3 is 0 Å². The van der Waals surface area contributed by atoms with Gasteiger partial charge in [-0.05, 0) is 86.5 Å². The van der Waals surface area contributed by atoms with Crippen LogP contribution in [0.3, 0.4) is 0 Å². The van der Waals surface area contributed by atoms with Crippen molar-refractivity contribution in [2.75, 3.05) is 0 Å². The molecule has 1 aromatic heterocycles. The van der Waals surface area contributed by atoms with Crippen LogP contribution in [0.2, 0.25) is 0 Å². The Morgan fingerprint density at radius 3 is 1.51 bits per heavy atom. The van der Waals surface area contributed by atoms with Gasteiger partial charge in [0, 0.05) is 16.3 Å². The molecule has 1 atom stereocenters. The quantitative estimate of drug-likeness (QED) is 0.179. The van der Waals surface area contributed by atoms with E-state index in [1.165, 1.54) is 33.4 Å². The third kappa shape index (κ3) is 6.30. The smallest absolute Gasteiger partial charge is 0.163 e. The molecule has 0 aliphatic carbocycles. The van der Waals surface area contributed by atoms with Crippen LogP contribution in [0, 0.1) is 0 Å². The molecule has 10 rings (SSSR count). The Morgan fingerprint density at radius 1 is 0.400 bits per heavy atom. The van der Waals surface area contributed by atoms with Crippen LogP contribution >= 0.6 is 0 Å². The van der Waals surface area contributed by atoms with Gasteiger partial charge in [0.15, 0.2) is 5.84 Å². The Bertz CT molecular complexity index is 2800. The first-order valence-corrected chi connectivity index (χ1v) is 18.6. The maximum absolute atomic E-state index is 6.71.